The van der Waals surface area contributed by atoms with Gasteiger partial charge in [-0.15, -0.1) is 0 Å². The quantitative estimate of drug-likeness (QED) is 0.816. The summed E-state index contributed by atoms with van der Waals surface area (Å²) in [5.41, 5.74) is 1.19. The monoisotopic (exact) mass is 277 g/mol. The van der Waals surface area contributed by atoms with Crippen LogP contribution in [0.2, 0.25) is 0 Å². The minimum atomic E-state index is -1.10. The van der Waals surface area contributed by atoms with Crippen molar-refractivity contribution in [3.05, 3.63) is 35.5 Å². The van der Waals surface area contributed by atoms with Crippen molar-refractivity contribution in [2.75, 3.05) is 20.3 Å². The number of hydrogen-bond donors (Lipinski definition) is 1. The molecule has 0 aliphatic carbocycles. The Kier molecular flexibility index (Phi) is 4.37. The summed E-state index contributed by atoms with van der Waals surface area (Å²) in [6.07, 6.45) is 0. The van der Waals surface area contributed by atoms with Gasteiger partial charge in [0.15, 0.2) is 11.5 Å². The van der Waals surface area contributed by atoms with Gasteiger partial charge >= 0.3 is 5.97 Å². The lowest BCUT2D eigenvalue weighted by Gasteiger charge is -2.05. The fourth-order valence-electron chi connectivity index (χ4n) is 1.75. The minimum Gasteiger partial charge on any atom is -0.491 e. The molecule has 6 heteroatoms. The highest BCUT2D eigenvalue weighted by molar-refractivity contribution is 5.88. The van der Waals surface area contributed by atoms with Crippen molar-refractivity contribution in [2.45, 2.75) is 6.92 Å². The van der Waals surface area contributed by atoms with E-state index in [1.54, 1.807) is 38.3 Å². The van der Waals surface area contributed by atoms with E-state index in [1.165, 1.54) is 0 Å². The molecular formula is C14H15NO5. The van der Waals surface area contributed by atoms with Crippen LogP contribution in [0.4, 0.5) is 0 Å². The Hall–Kier alpha value is -2.34. The number of methoxy groups -OCH3 is 1. The first-order valence-electron chi connectivity index (χ1n) is 6.05. The number of ether oxygens (including phenoxy) is 2. The largest absolute Gasteiger partial charge is 0.491 e. The van der Waals surface area contributed by atoms with E-state index in [2.05, 4.69) is 5.16 Å². The topological polar surface area (TPSA) is 81.8 Å². The number of nitrogens with zero attached hydrogens (tertiary/aromatic N) is 1. The number of carboxylic acids is 1. The SMILES string of the molecule is COCCOc1ccc(-c2onc(C(=O)O)c2C)cc1. The van der Waals surface area contributed by atoms with Crippen molar-refractivity contribution in [3.8, 4) is 17.1 Å². The van der Waals surface area contributed by atoms with Crippen molar-refractivity contribution in [1.82, 2.24) is 5.16 Å². The van der Waals surface area contributed by atoms with Crippen LogP contribution in [-0.4, -0.2) is 36.6 Å². The average molecular weight is 277 g/mol. The first-order valence-corrected chi connectivity index (χ1v) is 6.05. The molecule has 106 valence electrons. The Labute approximate surface area is 115 Å². The third-order valence-corrected chi connectivity index (χ3v) is 2.80. The zero-order valence-electron chi connectivity index (χ0n) is 11.3. The van der Waals surface area contributed by atoms with E-state index < -0.39 is 5.97 Å². The average Bonchev–Trinajstić information content (AvgIpc) is 2.82. The van der Waals surface area contributed by atoms with Crippen molar-refractivity contribution in [2.24, 2.45) is 0 Å². The van der Waals surface area contributed by atoms with E-state index in [1.807, 2.05) is 0 Å². The van der Waals surface area contributed by atoms with Gasteiger partial charge in [-0.3, -0.25) is 0 Å². The summed E-state index contributed by atoms with van der Waals surface area (Å²) >= 11 is 0. The predicted octanol–water partition coefficient (Wildman–Crippen LogP) is 2.37. The highest BCUT2D eigenvalue weighted by Crippen LogP contribution is 2.27. The fraction of sp³-hybridized carbons (Fsp3) is 0.286. The molecule has 0 fully saturated rings. The Morgan fingerprint density at radius 2 is 2.00 bits per heavy atom. The highest BCUT2D eigenvalue weighted by atomic mass is 16.5. The molecule has 20 heavy (non-hydrogen) atoms. The molecule has 1 heterocycles. The first kappa shape index (κ1) is 14.1. The number of benzene rings is 1. The summed E-state index contributed by atoms with van der Waals surface area (Å²) in [6.45, 7) is 2.66. The van der Waals surface area contributed by atoms with Gasteiger partial charge < -0.3 is 19.1 Å². The molecule has 0 aliphatic rings. The molecule has 0 atom stereocenters. The van der Waals surface area contributed by atoms with Crippen LogP contribution in [-0.2, 0) is 4.74 Å². The molecule has 1 aromatic heterocycles. The van der Waals surface area contributed by atoms with Gasteiger partial charge in [0.05, 0.1) is 6.61 Å². The molecule has 0 spiro atoms. The van der Waals surface area contributed by atoms with Crippen molar-refractivity contribution >= 4 is 5.97 Å². The number of carbonyl (C=O) groups is 1. The van der Waals surface area contributed by atoms with Crippen LogP contribution in [0.3, 0.4) is 0 Å². The van der Waals surface area contributed by atoms with Gasteiger partial charge in [0, 0.05) is 18.2 Å². The van der Waals surface area contributed by atoms with Gasteiger partial charge in [0.2, 0.25) is 0 Å². The molecule has 0 radical (unpaired) electrons. The Bertz CT molecular complexity index is 588. The highest BCUT2D eigenvalue weighted by Gasteiger charge is 2.18. The molecule has 1 aromatic carbocycles. The lowest BCUT2D eigenvalue weighted by molar-refractivity contribution is 0.0685. The zero-order valence-corrected chi connectivity index (χ0v) is 11.3. The zero-order chi connectivity index (χ0) is 14.5. The van der Waals surface area contributed by atoms with Gasteiger partial charge in [-0.1, -0.05) is 5.16 Å². The molecule has 0 amide bonds. The van der Waals surface area contributed by atoms with Crippen molar-refractivity contribution in [3.63, 3.8) is 0 Å². The van der Waals surface area contributed by atoms with Crippen molar-refractivity contribution in [1.29, 1.82) is 0 Å². The van der Waals surface area contributed by atoms with E-state index in [0.29, 0.717) is 30.3 Å². The van der Waals surface area contributed by atoms with Gasteiger partial charge in [-0.25, -0.2) is 4.79 Å². The van der Waals surface area contributed by atoms with Crippen LogP contribution in [0.15, 0.2) is 28.8 Å². The number of aromatic carboxylic acids is 1. The summed E-state index contributed by atoms with van der Waals surface area (Å²) in [6, 6.07) is 7.16. The molecule has 1 N–H and O–H groups in total. The molecule has 0 saturated carbocycles. The molecule has 2 aromatic rings. The van der Waals surface area contributed by atoms with Crippen LogP contribution in [0.5, 0.6) is 5.75 Å². The summed E-state index contributed by atoms with van der Waals surface area (Å²) < 4.78 is 15.4. The van der Waals surface area contributed by atoms with Crippen molar-refractivity contribution < 1.29 is 23.9 Å². The molecule has 0 unspecified atom stereocenters. The van der Waals surface area contributed by atoms with Gasteiger partial charge in [0.1, 0.15) is 12.4 Å². The maximum absolute atomic E-state index is 10.9. The standard InChI is InChI=1S/C14H15NO5/c1-9-12(14(16)17)15-20-13(9)10-3-5-11(6-4-10)19-8-7-18-2/h3-6H,7-8H2,1-2H3,(H,16,17). The number of aromatic nitrogens is 1. The molecule has 0 saturated heterocycles. The van der Waals surface area contributed by atoms with Crippen LogP contribution in [0, 0.1) is 6.92 Å². The normalized spacial score (nSPS) is 10.5. The first-order chi connectivity index (χ1) is 9.63. The molecule has 2 rings (SSSR count). The van der Waals surface area contributed by atoms with Gasteiger partial charge in [-0.2, -0.15) is 0 Å². The molecule has 0 bridgehead atoms. The van der Waals surface area contributed by atoms with Gasteiger partial charge in [-0.05, 0) is 31.2 Å². The van der Waals surface area contributed by atoms with E-state index in [-0.39, 0.29) is 5.69 Å². The number of hydrogen-bond acceptors (Lipinski definition) is 5. The van der Waals surface area contributed by atoms with Crippen LogP contribution in [0.1, 0.15) is 16.1 Å². The van der Waals surface area contributed by atoms with E-state index in [0.717, 1.165) is 5.56 Å². The third-order valence-electron chi connectivity index (χ3n) is 2.80. The lowest BCUT2D eigenvalue weighted by atomic mass is 10.1. The minimum absolute atomic E-state index is 0.0691. The second-order valence-electron chi connectivity index (χ2n) is 4.16. The van der Waals surface area contributed by atoms with Crippen LogP contribution in [0.25, 0.3) is 11.3 Å². The van der Waals surface area contributed by atoms with E-state index >= 15 is 0 Å². The predicted molar refractivity (Wildman–Crippen MR) is 71.0 cm³/mol. The van der Waals surface area contributed by atoms with Crippen LogP contribution >= 0.6 is 0 Å². The van der Waals surface area contributed by atoms with Crippen LogP contribution < -0.4 is 4.74 Å². The Morgan fingerprint density at radius 1 is 1.30 bits per heavy atom. The smallest absolute Gasteiger partial charge is 0.358 e. The number of carboxylic acid groups (broad SMARTS) is 1. The summed E-state index contributed by atoms with van der Waals surface area (Å²) in [7, 11) is 1.61. The fourth-order valence-corrected chi connectivity index (χ4v) is 1.75. The Morgan fingerprint density at radius 3 is 2.55 bits per heavy atom. The maximum Gasteiger partial charge on any atom is 0.358 e. The summed E-state index contributed by atoms with van der Waals surface area (Å²) in [5, 5.41) is 12.5. The molecule has 0 aliphatic heterocycles. The maximum atomic E-state index is 10.9. The van der Waals surface area contributed by atoms with E-state index in [9.17, 15) is 4.79 Å². The second kappa shape index (κ2) is 6.21. The summed E-state index contributed by atoms with van der Waals surface area (Å²) in [5.74, 6) is 0.0595. The summed E-state index contributed by atoms with van der Waals surface area (Å²) in [4.78, 5) is 10.9. The third kappa shape index (κ3) is 2.97. The van der Waals surface area contributed by atoms with Gasteiger partial charge in [0.25, 0.3) is 0 Å². The number of rotatable bonds is 6. The molecule has 6 nitrogen and oxygen atoms in total. The second-order valence-corrected chi connectivity index (χ2v) is 4.16. The Balaban J connectivity index is 2.16. The molecular weight excluding hydrogens is 262 g/mol. The van der Waals surface area contributed by atoms with E-state index in [4.69, 9.17) is 19.1 Å². The lowest BCUT2D eigenvalue weighted by Crippen LogP contribution is -2.03.